The van der Waals surface area contributed by atoms with Crippen LogP contribution in [-0.2, 0) is 20.8 Å². The lowest BCUT2D eigenvalue weighted by molar-refractivity contribution is -0.135. The molecule has 0 aliphatic carbocycles. The van der Waals surface area contributed by atoms with Gasteiger partial charge >= 0.3 is 0 Å². The standard InChI is InChI=1S/C15H22N4O3/c1-3-19(2)15(22)12(9-11-5-4-8-17-10-11)18-14(21)7-6-13(16)20/h4-5,8,10,12H,3,6-7,9H2,1-2H3,(H2,16,20)(H,18,21). The number of nitrogens with zero attached hydrogens (tertiary/aromatic N) is 2. The third-order valence-electron chi connectivity index (χ3n) is 3.24. The fourth-order valence-corrected chi connectivity index (χ4v) is 1.88. The number of rotatable bonds is 8. The van der Waals surface area contributed by atoms with Crippen LogP contribution in [0, 0.1) is 0 Å². The minimum Gasteiger partial charge on any atom is -0.370 e. The van der Waals surface area contributed by atoms with Crippen LogP contribution in [0.2, 0.25) is 0 Å². The predicted molar refractivity (Wildman–Crippen MR) is 81.6 cm³/mol. The molecular formula is C15H22N4O3. The second kappa shape index (κ2) is 8.76. The predicted octanol–water partition coefficient (Wildman–Crippen LogP) is -0.147. The van der Waals surface area contributed by atoms with Crippen molar-refractivity contribution < 1.29 is 14.4 Å². The second-order valence-electron chi connectivity index (χ2n) is 5.00. The topological polar surface area (TPSA) is 105 Å². The first kappa shape index (κ1) is 17.6. The van der Waals surface area contributed by atoms with E-state index in [-0.39, 0.29) is 24.7 Å². The summed E-state index contributed by atoms with van der Waals surface area (Å²) in [5, 5.41) is 2.67. The van der Waals surface area contributed by atoms with E-state index in [4.69, 9.17) is 5.73 Å². The summed E-state index contributed by atoms with van der Waals surface area (Å²) in [5.41, 5.74) is 5.87. The first-order chi connectivity index (χ1) is 10.4. The van der Waals surface area contributed by atoms with Crippen LogP contribution in [0.25, 0.3) is 0 Å². The van der Waals surface area contributed by atoms with Gasteiger partial charge in [0, 0.05) is 45.2 Å². The highest BCUT2D eigenvalue weighted by molar-refractivity contribution is 5.89. The number of hydrogen-bond donors (Lipinski definition) is 2. The highest BCUT2D eigenvalue weighted by Crippen LogP contribution is 2.05. The summed E-state index contributed by atoms with van der Waals surface area (Å²) in [6.45, 7) is 2.40. The first-order valence-electron chi connectivity index (χ1n) is 7.15. The Balaban J connectivity index is 2.75. The van der Waals surface area contributed by atoms with Crippen molar-refractivity contribution in [2.75, 3.05) is 13.6 Å². The number of likely N-dealkylation sites (N-methyl/N-ethyl adjacent to an activating group) is 1. The molecule has 0 aliphatic heterocycles. The van der Waals surface area contributed by atoms with Crippen molar-refractivity contribution in [2.24, 2.45) is 5.73 Å². The number of aromatic nitrogens is 1. The van der Waals surface area contributed by atoms with Crippen molar-refractivity contribution >= 4 is 17.7 Å². The van der Waals surface area contributed by atoms with Crippen molar-refractivity contribution in [1.82, 2.24) is 15.2 Å². The van der Waals surface area contributed by atoms with E-state index in [1.807, 2.05) is 13.0 Å². The van der Waals surface area contributed by atoms with Gasteiger partial charge in [-0.1, -0.05) is 6.07 Å². The van der Waals surface area contributed by atoms with E-state index in [0.29, 0.717) is 13.0 Å². The van der Waals surface area contributed by atoms with E-state index < -0.39 is 11.9 Å². The van der Waals surface area contributed by atoms with Gasteiger partial charge in [0.15, 0.2) is 0 Å². The summed E-state index contributed by atoms with van der Waals surface area (Å²) in [6.07, 6.45) is 3.58. The Morgan fingerprint density at radius 3 is 2.64 bits per heavy atom. The Kier molecular flexibility index (Phi) is 7.01. The summed E-state index contributed by atoms with van der Waals surface area (Å²) < 4.78 is 0. The highest BCUT2D eigenvalue weighted by Gasteiger charge is 2.23. The monoisotopic (exact) mass is 306 g/mol. The minimum atomic E-state index is -0.686. The molecule has 3 N–H and O–H groups in total. The molecule has 1 aromatic heterocycles. The lowest BCUT2D eigenvalue weighted by Gasteiger charge is -2.23. The van der Waals surface area contributed by atoms with Gasteiger partial charge in [0.1, 0.15) is 6.04 Å². The Hall–Kier alpha value is -2.44. The van der Waals surface area contributed by atoms with Crippen molar-refractivity contribution in [3.8, 4) is 0 Å². The third-order valence-corrected chi connectivity index (χ3v) is 3.24. The Labute approximate surface area is 129 Å². The average Bonchev–Trinajstić information content (AvgIpc) is 2.51. The molecule has 0 radical (unpaired) electrons. The summed E-state index contributed by atoms with van der Waals surface area (Å²) in [7, 11) is 1.67. The maximum absolute atomic E-state index is 12.4. The number of nitrogens with two attached hydrogens (primary N) is 1. The van der Waals surface area contributed by atoms with Gasteiger partial charge < -0.3 is 16.0 Å². The van der Waals surface area contributed by atoms with Gasteiger partial charge in [0.2, 0.25) is 17.7 Å². The summed E-state index contributed by atoms with van der Waals surface area (Å²) in [6, 6.07) is 2.93. The SMILES string of the molecule is CCN(C)C(=O)C(Cc1cccnc1)NC(=O)CCC(N)=O. The van der Waals surface area contributed by atoms with Crippen LogP contribution in [-0.4, -0.2) is 47.2 Å². The quantitative estimate of drug-likeness (QED) is 0.697. The molecule has 1 rings (SSSR count). The van der Waals surface area contributed by atoms with E-state index >= 15 is 0 Å². The molecule has 1 unspecified atom stereocenters. The van der Waals surface area contributed by atoms with E-state index in [0.717, 1.165) is 5.56 Å². The number of nitrogens with one attached hydrogen (secondary N) is 1. The van der Waals surface area contributed by atoms with Crippen LogP contribution in [0.4, 0.5) is 0 Å². The van der Waals surface area contributed by atoms with Gasteiger partial charge in [-0.3, -0.25) is 19.4 Å². The van der Waals surface area contributed by atoms with E-state index in [1.54, 1.807) is 25.5 Å². The fourth-order valence-electron chi connectivity index (χ4n) is 1.88. The number of amides is 3. The molecule has 7 nitrogen and oxygen atoms in total. The van der Waals surface area contributed by atoms with Gasteiger partial charge in [-0.25, -0.2) is 0 Å². The van der Waals surface area contributed by atoms with Gasteiger partial charge in [-0.15, -0.1) is 0 Å². The molecule has 0 bridgehead atoms. The van der Waals surface area contributed by atoms with Gasteiger partial charge in [0.05, 0.1) is 0 Å². The van der Waals surface area contributed by atoms with E-state index in [2.05, 4.69) is 10.3 Å². The maximum Gasteiger partial charge on any atom is 0.245 e. The van der Waals surface area contributed by atoms with Gasteiger partial charge in [-0.2, -0.15) is 0 Å². The number of primary amides is 1. The minimum absolute atomic E-state index is 0.0258. The van der Waals surface area contributed by atoms with Crippen LogP contribution in [0.3, 0.4) is 0 Å². The zero-order chi connectivity index (χ0) is 16.5. The molecule has 7 heteroatoms. The molecular weight excluding hydrogens is 284 g/mol. The molecule has 0 saturated carbocycles. The molecule has 0 aromatic carbocycles. The zero-order valence-corrected chi connectivity index (χ0v) is 12.9. The normalized spacial score (nSPS) is 11.5. The second-order valence-corrected chi connectivity index (χ2v) is 5.00. The summed E-state index contributed by atoms with van der Waals surface area (Å²) >= 11 is 0. The van der Waals surface area contributed by atoms with Crippen LogP contribution in [0.5, 0.6) is 0 Å². The largest absolute Gasteiger partial charge is 0.370 e. The van der Waals surface area contributed by atoms with Crippen molar-refractivity contribution in [3.63, 3.8) is 0 Å². The number of carbonyl (C=O) groups is 3. The molecule has 3 amide bonds. The Bertz CT molecular complexity index is 519. The zero-order valence-electron chi connectivity index (χ0n) is 12.9. The van der Waals surface area contributed by atoms with Gasteiger partial charge in [0.25, 0.3) is 0 Å². The molecule has 0 fully saturated rings. The first-order valence-corrected chi connectivity index (χ1v) is 7.15. The highest BCUT2D eigenvalue weighted by atomic mass is 16.2. The van der Waals surface area contributed by atoms with Gasteiger partial charge in [-0.05, 0) is 18.6 Å². The summed E-state index contributed by atoms with van der Waals surface area (Å²) in [5.74, 6) is -1.10. The number of carbonyl (C=O) groups excluding carboxylic acids is 3. The summed E-state index contributed by atoms with van der Waals surface area (Å²) in [4.78, 5) is 40.5. The lowest BCUT2D eigenvalue weighted by atomic mass is 10.1. The van der Waals surface area contributed by atoms with Crippen LogP contribution < -0.4 is 11.1 Å². The number of pyridine rings is 1. The molecule has 0 spiro atoms. The maximum atomic E-state index is 12.4. The van der Waals surface area contributed by atoms with Crippen molar-refractivity contribution in [1.29, 1.82) is 0 Å². The number of hydrogen-bond acceptors (Lipinski definition) is 4. The van der Waals surface area contributed by atoms with E-state index in [9.17, 15) is 14.4 Å². The molecule has 1 atom stereocenters. The lowest BCUT2D eigenvalue weighted by Crippen LogP contribution is -2.48. The van der Waals surface area contributed by atoms with Crippen LogP contribution >= 0.6 is 0 Å². The fraction of sp³-hybridized carbons (Fsp3) is 0.467. The van der Waals surface area contributed by atoms with Crippen molar-refractivity contribution in [3.05, 3.63) is 30.1 Å². The molecule has 1 heterocycles. The molecule has 1 aromatic rings. The Morgan fingerprint density at radius 1 is 1.36 bits per heavy atom. The van der Waals surface area contributed by atoms with Crippen LogP contribution in [0.15, 0.2) is 24.5 Å². The molecule has 22 heavy (non-hydrogen) atoms. The molecule has 0 aliphatic rings. The Morgan fingerprint density at radius 2 is 2.09 bits per heavy atom. The smallest absolute Gasteiger partial charge is 0.245 e. The van der Waals surface area contributed by atoms with Crippen LogP contribution in [0.1, 0.15) is 25.3 Å². The van der Waals surface area contributed by atoms with E-state index in [1.165, 1.54) is 4.90 Å². The molecule has 120 valence electrons. The molecule has 0 saturated heterocycles. The van der Waals surface area contributed by atoms with Crippen molar-refractivity contribution in [2.45, 2.75) is 32.2 Å². The third kappa shape index (κ3) is 5.90. The average molecular weight is 306 g/mol.